The molecule has 7 nitrogen and oxygen atoms in total. The van der Waals surface area contributed by atoms with Crippen molar-refractivity contribution in [2.75, 3.05) is 0 Å². The minimum absolute atomic E-state index is 0.0203. The fourth-order valence-corrected chi connectivity index (χ4v) is 4.15. The van der Waals surface area contributed by atoms with E-state index in [2.05, 4.69) is 15.0 Å². The molecule has 10 heteroatoms. The number of ether oxygens (including phenoxy) is 1. The first-order valence-corrected chi connectivity index (χ1v) is 10.8. The van der Waals surface area contributed by atoms with Gasteiger partial charge in [0.05, 0.1) is 5.56 Å². The molecule has 35 heavy (non-hydrogen) atoms. The number of alkyl halides is 3. The number of hydrogen-bond acceptors (Lipinski definition) is 5. The number of aromatic hydroxyl groups is 1. The average molecular weight is 485 g/mol. The maximum Gasteiger partial charge on any atom is 0.573 e. The molecule has 182 valence electrons. The first-order valence-electron chi connectivity index (χ1n) is 10.8. The van der Waals surface area contributed by atoms with Crippen LogP contribution in [0.5, 0.6) is 11.5 Å². The molecule has 0 bridgehead atoms. The number of carbonyl (C=O) groups is 2. The predicted molar refractivity (Wildman–Crippen MR) is 119 cm³/mol. The van der Waals surface area contributed by atoms with Crippen LogP contribution in [0.25, 0.3) is 0 Å². The highest BCUT2D eigenvalue weighted by Crippen LogP contribution is 2.40. The van der Waals surface area contributed by atoms with E-state index in [0.29, 0.717) is 17.5 Å². The third kappa shape index (κ3) is 5.37. The predicted octanol–water partition coefficient (Wildman–Crippen LogP) is 4.13. The van der Waals surface area contributed by atoms with Crippen molar-refractivity contribution in [2.24, 2.45) is 0 Å². The molecule has 3 aromatic rings. The molecular formula is C25H22F3N3O4. The van der Waals surface area contributed by atoms with Gasteiger partial charge in [0, 0.05) is 36.5 Å². The Morgan fingerprint density at radius 2 is 1.89 bits per heavy atom. The van der Waals surface area contributed by atoms with Gasteiger partial charge in [-0.15, -0.1) is 13.2 Å². The largest absolute Gasteiger partial charge is 0.573 e. The Hall–Kier alpha value is -4.08. The number of fused-ring (bicyclic) bond motifs is 1. The number of rotatable bonds is 7. The molecule has 2 atom stereocenters. The normalized spacial score (nSPS) is 16.1. The Bertz CT molecular complexity index is 1220. The summed E-state index contributed by atoms with van der Waals surface area (Å²) >= 11 is 0. The second-order valence-corrected chi connectivity index (χ2v) is 8.14. The second kappa shape index (κ2) is 9.65. The molecule has 1 aliphatic rings. The first kappa shape index (κ1) is 24.1. The summed E-state index contributed by atoms with van der Waals surface area (Å²) in [5, 5.41) is 13.1. The summed E-state index contributed by atoms with van der Waals surface area (Å²) in [6.07, 6.45) is -2.76. The zero-order chi connectivity index (χ0) is 25.2. The second-order valence-electron chi connectivity index (χ2n) is 8.14. The molecule has 0 fully saturated rings. The van der Waals surface area contributed by atoms with Crippen LogP contribution in [0.3, 0.4) is 0 Å². The van der Waals surface area contributed by atoms with Gasteiger partial charge in [-0.25, -0.2) is 0 Å². The van der Waals surface area contributed by atoms with Crippen molar-refractivity contribution < 1.29 is 32.6 Å². The van der Waals surface area contributed by atoms with Gasteiger partial charge in [0.1, 0.15) is 17.5 Å². The van der Waals surface area contributed by atoms with Crippen molar-refractivity contribution in [3.8, 4) is 11.5 Å². The molecule has 0 saturated heterocycles. The number of benzene rings is 2. The summed E-state index contributed by atoms with van der Waals surface area (Å²) in [5.41, 5.74) is 1.75. The van der Waals surface area contributed by atoms with E-state index < -0.39 is 30.3 Å². The Morgan fingerprint density at radius 1 is 1.14 bits per heavy atom. The Kier molecular flexibility index (Phi) is 6.63. The molecular weight excluding hydrogens is 463 g/mol. The number of amides is 2. The number of phenols is 1. The van der Waals surface area contributed by atoms with Crippen molar-refractivity contribution in [2.45, 2.75) is 38.3 Å². The van der Waals surface area contributed by atoms with Crippen molar-refractivity contribution in [3.63, 3.8) is 0 Å². The topological polar surface area (TPSA) is 91.8 Å². The molecule has 0 saturated carbocycles. The van der Waals surface area contributed by atoms with Gasteiger partial charge >= 0.3 is 6.36 Å². The SMILES string of the molecule is CC(Cc1ccccn1)N1C(=O)c2c(O)cccc2C1C(=O)NCc1ccc(OC(F)(F)F)cc1. The van der Waals surface area contributed by atoms with E-state index in [-0.39, 0.29) is 23.6 Å². The lowest BCUT2D eigenvalue weighted by Crippen LogP contribution is -2.44. The number of nitrogens with zero attached hydrogens (tertiary/aromatic N) is 2. The molecule has 2 aromatic carbocycles. The summed E-state index contributed by atoms with van der Waals surface area (Å²) in [6.45, 7) is 1.82. The molecule has 1 aromatic heterocycles. The summed E-state index contributed by atoms with van der Waals surface area (Å²) < 4.78 is 40.9. The molecule has 2 N–H and O–H groups in total. The lowest BCUT2D eigenvalue weighted by Gasteiger charge is -2.30. The summed E-state index contributed by atoms with van der Waals surface area (Å²) in [7, 11) is 0. The summed E-state index contributed by atoms with van der Waals surface area (Å²) in [5.74, 6) is -1.52. The van der Waals surface area contributed by atoms with Gasteiger partial charge in [-0.2, -0.15) is 0 Å². The van der Waals surface area contributed by atoms with Crippen LogP contribution in [0.4, 0.5) is 13.2 Å². The van der Waals surface area contributed by atoms with E-state index in [0.717, 1.165) is 17.8 Å². The molecule has 2 unspecified atom stereocenters. The van der Waals surface area contributed by atoms with E-state index in [9.17, 15) is 27.9 Å². The van der Waals surface area contributed by atoms with Crippen LogP contribution in [0.2, 0.25) is 0 Å². The number of carbonyl (C=O) groups excluding carboxylic acids is 2. The number of aromatic nitrogens is 1. The number of pyridine rings is 1. The Morgan fingerprint density at radius 3 is 2.54 bits per heavy atom. The van der Waals surface area contributed by atoms with Crippen LogP contribution in [-0.4, -0.2) is 39.2 Å². The third-order valence-electron chi connectivity index (χ3n) is 5.67. The number of hydrogen-bond donors (Lipinski definition) is 2. The number of nitrogens with one attached hydrogen (secondary N) is 1. The molecule has 0 radical (unpaired) electrons. The van der Waals surface area contributed by atoms with Crippen LogP contribution < -0.4 is 10.1 Å². The highest BCUT2D eigenvalue weighted by Gasteiger charge is 2.44. The summed E-state index contributed by atoms with van der Waals surface area (Å²) in [6, 6.07) is 13.7. The third-order valence-corrected chi connectivity index (χ3v) is 5.67. The molecule has 2 heterocycles. The van der Waals surface area contributed by atoms with Gasteiger partial charge in [0.15, 0.2) is 0 Å². The number of phenolic OH excluding ortho intramolecular Hbond substituents is 1. The smallest absolute Gasteiger partial charge is 0.507 e. The van der Waals surface area contributed by atoms with E-state index in [1.165, 1.54) is 23.1 Å². The Labute approximate surface area is 199 Å². The van der Waals surface area contributed by atoms with Gasteiger partial charge in [0.25, 0.3) is 5.91 Å². The van der Waals surface area contributed by atoms with Crippen LogP contribution >= 0.6 is 0 Å². The standard InChI is InChI=1S/C25H22F3N3O4/c1-15(13-17-5-2-3-12-29-17)31-22(19-6-4-7-20(32)21(19)24(31)34)23(33)30-14-16-8-10-18(11-9-16)35-25(26,27)28/h2-12,15,22,32H,13-14H2,1H3,(H,30,33). The van der Waals surface area contributed by atoms with Crippen molar-refractivity contribution >= 4 is 11.8 Å². The Balaban J connectivity index is 1.53. The van der Waals surface area contributed by atoms with Gasteiger partial charge < -0.3 is 20.1 Å². The zero-order valence-electron chi connectivity index (χ0n) is 18.6. The fraction of sp³-hybridized carbons (Fsp3) is 0.240. The summed E-state index contributed by atoms with van der Waals surface area (Å²) in [4.78, 5) is 32.2. The highest BCUT2D eigenvalue weighted by molar-refractivity contribution is 6.06. The molecule has 2 amide bonds. The van der Waals surface area contributed by atoms with Gasteiger partial charge in [0.2, 0.25) is 5.91 Å². The zero-order valence-corrected chi connectivity index (χ0v) is 18.6. The fourth-order valence-electron chi connectivity index (χ4n) is 4.15. The van der Waals surface area contributed by atoms with Crippen molar-refractivity contribution in [1.82, 2.24) is 15.2 Å². The maximum atomic E-state index is 13.3. The van der Waals surface area contributed by atoms with Crippen LogP contribution in [0.1, 0.15) is 40.1 Å². The van der Waals surface area contributed by atoms with E-state index in [1.54, 1.807) is 31.3 Å². The van der Waals surface area contributed by atoms with Crippen LogP contribution in [0.15, 0.2) is 66.9 Å². The van der Waals surface area contributed by atoms with Crippen molar-refractivity contribution in [1.29, 1.82) is 0 Å². The molecule has 0 aliphatic carbocycles. The van der Waals surface area contributed by atoms with Gasteiger partial charge in [-0.3, -0.25) is 14.6 Å². The van der Waals surface area contributed by atoms with Crippen LogP contribution in [0, 0.1) is 0 Å². The lowest BCUT2D eigenvalue weighted by atomic mass is 10.0. The number of halogens is 3. The minimum Gasteiger partial charge on any atom is -0.507 e. The van der Waals surface area contributed by atoms with Gasteiger partial charge in [-0.05, 0) is 42.8 Å². The maximum absolute atomic E-state index is 13.3. The van der Waals surface area contributed by atoms with E-state index >= 15 is 0 Å². The molecule has 1 aliphatic heterocycles. The van der Waals surface area contributed by atoms with E-state index in [4.69, 9.17) is 0 Å². The van der Waals surface area contributed by atoms with E-state index in [1.807, 2.05) is 12.1 Å². The van der Waals surface area contributed by atoms with Gasteiger partial charge in [-0.1, -0.05) is 30.3 Å². The molecule has 0 spiro atoms. The monoisotopic (exact) mass is 485 g/mol. The highest BCUT2D eigenvalue weighted by atomic mass is 19.4. The van der Waals surface area contributed by atoms with Crippen LogP contribution in [-0.2, 0) is 17.8 Å². The molecule has 4 rings (SSSR count). The van der Waals surface area contributed by atoms with Crippen molar-refractivity contribution in [3.05, 3.63) is 89.2 Å². The lowest BCUT2D eigenvalue weighted by molar-refractivity contribution is -0.274. The first-order chi connectivity index (χ1) is 16.6. The quantitative estimate of drug-likeness (QED) is 0.525. The minimum atomic E-state index is -4.79. The average Bonchev–Trinajstić information content (AvgIpc) is 3.11.